The second kappa shape index (κ2) is 6.26. The van der Waals surface area contributed by atoms with E-state index in [4.69, 9.17) is 9.84 Å². The van der Waals surface area contributed by atoms with Crippen LogP contribution in [0, 0.1) is 5.82 Å². The van der Waals surface area contributed by atoms with Crippen LogP contribution in [0.1, 0.15) is 15.9 Å². The zero-order valence-electron chi connectivity index (χ0n) is 11.8. The Balaban J connectivity index is 2.26. The molecule has 0 heterocycles. The first kappa shape index (κ1) is 14.8. The average Bonchev–Trinajstić information content (AvgIpc) is 2.47. The third-order valence-electron chi connectivity index (χ3n) is 3.20. The maximum absolute atomic E-state index is 12.9. The quantitative estimate of drug-likeness (QED) is 0.918. The second-order valence-corrected chi connectivity index (χ2v) is 4.66. The van der Waals surface area contributed by atoms with E-state index >= 15 is 0 Å². The van der Waals surface area contributed by atoms with Crippen LogP contribution >= 0.6 is 0 Å². The van der Waals surface area contributed by atoms with Gasteiger partial charge in [0.05, 0.1) is 12.7 Å². The van der Waals surface area contributed by atoms with Crippen molar-refractivity contribution in [2.75, 3.05) is 19.1 Å². The van der Waals surface area contributed by atoms with Gasteiger partial charge in [-0.1, -0.05) is 0 Å². The molecule has 0 aliphatic rings. The van der Waals surface area contributed by atoms with E-state index in [-0.39, 0.29) is 11.4 Å². The van der Waals surface area contributed by atoms with Crippen molar-refractivity contribution in [3.8, 4) is 5.75 Å². The van der Waals surface area contributed by atoms with Gasteiger partial charge in [-0.2, -0.15) is 0 Å². The van der Waals surface area contributed by atoms with Crippen molar-refractivity contribution in [2.24, 2.45) is 0 Å². The van der Waals surface area contributed by atoms with E-state index in [2.05, 4.69) is 0 Å². The lowest BCUT2D eigenvalue weighted by Crippen LogP contribution is -2.17. The highest BCUT2D eigenvalue weighted by atomic mass is 19.1. The summed E-state index contributed by atoms with van der Waals surface area (Å²) in [6.07, 6.45) is 0. The minimum Gasteiger partial charge on any atom is -0.496 e. The predicted molar refractivity (Wildman–Crippen MR) is 78.5 cm³/mol. The van der Waals surface area contributed by atoms with Crippen LogP contribution in [-0.2, 0) is 6.54 Å². The molecular weight excluding hydrogens is 273 g/mol. The number of methoxy groups -OCH3 is 1. The summed E-state index contributed by atoms with van der Waals surface area (Å²) in [5.74, 6) is -0.657. The SMILES string of the molecule is COc1ccc(C(=O)O)cc1CN(C)c1ccc(F)cc1. The van der Waals surface area contributed by atoms with Crippen molar-refractivity contribution in [3.05, 3.63) is 59.4 Å². The average molecular weight is 289 g/mol. The standard InChI is InChI=1S/C16H16FNO3/c1-18(14-6-4-13(17)5-7-14)10-12-9-11(16(19)20)3-8-15(12)21-2/h3-9H,10H2,1-2H3,(H,19,20). The van der Waals surface area contributed by atoms with E-state index in [0.29, 0.717) is 12.3 Å². The molecule has 110 valence electrons. The Bertz CT molecular complexity index is 640. The molecule has 0 amide bonds. The van der Waals surface area contributed by atoms with Gasteiger partial charge in [0.15, 0.2) is 0 Å². The van der Waals surface area contributed by atoms with Crippen LogP contribution in [0.15, 0.2) is 42.5 Å². The zero-order chi connectivity index (χ0) is 15.4. The Kier molecular flexibility index (Phi) is 4.42. The third-order valence-corrected chi connectivity index (χ3v) is 3.20. The first-order valence-electron chi connectivity index (χ1n) is 6.38. The molecule has 0 bridgehead atoms. The minimum atomic E-state index is -0.983. The van der Waals surface area contributed by atoms with Gasteiger partial charge in [0.25, 0.3) is 0 Å². The number of carboxylic acid groups (broad SMARTS) is 1. The normalized spacial score (nSPS) is 10.2. The number of ether oxygens (including phenoxy) is 1. The van der Waals surface area contributed by atoms with Crippen LogP contribution in [0.2, 0.25) is 0 Å². The van der Waals surface area contributed by atoms with E-state index < -0.39 is 5.97 Å². The lowest BCUT2D eigenvalue weighted by Gasteiger charge is -2.21. The summed E-state index contributed by atoms with van der Waals surface area (Å²) in [5, 5.41) is 9.06. The smallest absolute Gasteiger partial charge is 0.335 e. The van der Waals surface area contributed by atoms with Gasteiger partial charge in [0.2, 0.25) is 0 Å². The van der Waals surface area contributed by atoms with Crippen LogP contribution in [0.3, 0.4) is 0 Å². The molecule has 0 unspecified atom stereocenters. The predicted octanol–water partition coefficient (Wildman–Crippen LogP) is 3.17. The van der Waals surface area contributed by atoms with E-state index in [1.165, 1.54) is 25.3 Å². The van der Waals surface area contributed by atoms with Gasteiger partial charge in [0.1, 0.15) is 11.6 Å². The van der Waals surface area contributed by atoms with Gasteiger partial charge in [-0.25, -0.2) is 9.18 Å². The maximum Gasteiger partial charge on any atom is 0.335 e. The molecule has 2 aromatic carbocycles. The number of aromatic carboxylic acids is 1. The summed E-state index contributed by atoms with van der Waals surface area (Å²) in [5.41, 5.74) is 1.79. The van der Waals surface area contributed by atoms with Crippen molar-refractivity contribution < 1.29 is 19.0 Å². The fourth-order valence-corrected chi connectivity index (χ4v) is 2.08. The first-order valence-corrected chi connectivity index (χ1v) is 6.38. The Morgan fingerprint density at radius 3 is 2.48 bits per heavy atom. The number of anilines is 1. The Morgan fingerprint density at radius 2 is 1.90 bits per heavy atom. The second-order valence-electron chi connectivity index (χ2n) is 4.66. The van der Waals surface area contributed by atoms with E-state index in [1.54, 1.807) is 24.3 Å². The molecule has 2 rings (SSSR count). The van der Waals surface area contributed by atoms with Gasteiger partial charge in [-0.3, -0.25) is 0 Å². The molecule has 0 saturated heterocycles. The number of carboxylic acids is 1. The molecular formula is C16H16FNO3. The summed E-state index contributed by atoms with van der Waals surface area (Å²) in [6.45, 7) is 0.454. The number of hydrogen-bond donors (Lipinski definition) is 1. The fraction of sp³-hybridized carbons (Fsp3) is 0.188. The molecule has 0 spiro atoms. The van der Waals surface area contributed by atoms with Gasteiger partial charge >= 0.3 is 5.97 Å². The molecule has 0 radical (unpaired) electrons. The van der Waals surface area contributed by atoms with Crippen LogP contribution in [-0.4, -0.2) is 25.2 Å². The van der Waals surface area contributed by atoms with Gasteiger partial charge in [0, 0.05) is 24.8 Å². The summed E-state index contributed by atoms with van der Waals surface area (Å²) in [7, 11) is 3.39. The lowest BCUT2D eigenvalue weighted by atomic mass is 10.1. The van der Waals surface area contributed by atoms with Gasteiger partial charge in [-0.05, 0) is 42.5 Å². The van der Waals surface area contributed by atoms with Gasteiger partial charge in [-0.15, -0.1) is 0 Å². The molecule has 0 aromatic heterocycles. The van der Waals surface area contributed by atoms with E-state index in [1.807, 2.05) is 11.9 Å². The summed E-state index contributed by atoms with van der Waals surface area (Å²) >= 11 is 0. The Labute approximate surface area is 122 Å². The summed E-state index contributed by atoms with van der Waals surface area (Å²) in [4.78, 5) is 12.9. The zero-order valence-corrected chi connectivity index (χ0v) is 11.8. The monoisotopic (exact) mass is 289 g/mol. The van der Waals surface area contributed by atoms with Gasteiger partial charge < -0.3 is 14.7 Å². The number of nitrogens with zero attached hydrogens (tertiary/aromatic N) is 1. The molecule has 0 aliphatic heterocycles. The number of halogens is 1. The lowest BCUT2D eigenvalue weighted by molar-refractivity contribution is 0.0696. The highest BCUT2D eigenvalue weighted by Gasteiger charge is 2.11. The van der Waals surface area contributed by atoms with Crippen molar-refractivity contribution in [2.45, 2.75) is 6.54 Å². The van der Waals surface area contributed by atoms with Crippen LogP contribution in [0.4, 0.5) is 10.1 Å². The molecule has 0 aliphatic carbocycles. The molecule has 4 nitrogen and oxygen atoms in total. The molecule has 0 saturated carbocycles. The summed E-state index contributed by atoms with van der Waals surface area (Å²) < 4.78 is 18.2. The first-order chi connectivity index (χ1) is 10.0. The molecule has 0 fully saturated rings. The molecule has 0 atom stereocenters. The van der Waals surface area contributed by atoms with Crippen LogP contribution in [0.25, 0.3) is 0 Å². The molecule has 21 heavy (non-hydrogen) atoms. The number of benzene rings is 2. The minimum absolute atomic E-state index is 0.207. The highest BCUT2D eigenvalue weighted by Crippen LogP contribution is 2.24. The Morgan fingerprint density at radius 1 is 1.24 bits per heavy atom. The highest BCUT2D eigenvalue weighted by molar-refractivity contribution is 5.88. The van der Waals surface area contributed by atoms with Crippen LogP contribution < -0.4 is 9.64 Å². The van der Waals surface area contributed by atoms with E-state index in [0.717, 1.165) is 11.3 Å². The largest absolute Gasteiger partial charge is 0.496 e. The molecule has 2 aromatic rings. The fourth-order valence-electron chi connectivity index (χ4n) is 2.08. The number of carbonyl (C=O) groups is 1. The number of rotatable bonds is 5. The van der Waals surface area contributed by atoms with Crippen molar-refractivity contribution in [1.29, 1.82) is 0 Å². The molecule has 5 heteroatoms. The number of hydrogen-bond acceptors (Lipinski definition) is 3. The third kappa shape index (κ3) is 3.51. The molecule has 1 N–H and O–H groups in total. The van der Waals surface area contributed by atoms with Crippen molar-refractivity contribution in [1.82, 2.24) is 0 Å². The maximum atomic E-state index is 12.9. The van der Waals surface area contributed by atoms with Crippen LogP contribution in [0.5, 0.6) is 5.75 Å². The Hall–Kier alpha value is -2.56. The summed E-state index contributed by atoms with van der Waals surface area (Å²) in [6, 6.07) is 10.8. The van der Waals surface area contributed by atoms with Crippen molar-refractivity contribution >= 4 is 11.7 Å². The van der Waals surface area contributed by atoms with E-state index in [9.17, 15) is 9.18 Å². The van der Waals surface area contributed by atoms with Crippen molar-refractivity contribution in [3.63, 3.8) is 0 Å². The topological polar surface area (TPSA) is 49.8 Å².